The molecule has 0 aliphatic carbocycles. The molecule has 1 aromatic carbocycles. The van der Waals surface area contributed by atoms with Crippen LogP contribution in [0.25, 0.3) is 0 Å². The summed E-state index contributed by atoms with van der Waals surface area (Å²) >= 11 is 0. The molecule has 0 spiro atoms. The van der Waals surface area contributed by atoms with Gasteiger partial charge in [-0.05, 0) is 25.7 Å². The van der Waals surface area contributed by atoms with Crippen LogP contribution >= 0.6 is 0 Å². The smallest absolute Gasteiger partial charge is 0.504 e. The van der Waals surface area contributed by atoms with Gasteiger partial charge in [-0.25, -0.2) is 4.79 Å². The van der Waals surface area contributed by atoms with Crippen LogP contribution in [0.15, 0.2) is 6.07 Å². The number of unbranched alkanes of at least 4 members (excludes halogenated alkanes) is 1. The second-order valence-corrected chi connectivity index (χ2v) is 5.20. The Morgan fingerprint density at radius 3 is 2.26 bits per heavy atom. The van der Waals surface area contributed by atoms with Crippen LogP contribution in [0.1, 0.15) is 52.0 Å². The summed E-state index contributed by atoms with van der Waals surface area (Å²) in [7, 11) is 0. The molecule has 0 aromatic heterocycles. The van der Waals surface area contributed by atoms with Crippen LogP contribution in [-0.2, 0) is 6.42 Å². The van der Waals surface area contributed by atoms with Crippen molar-refractivity contribution in [3.05, 3.63) is 11.6 Å². The number of hydrogen-bond acceptors (Lipinski definition) is 5. The maximum absolute atomic E-state index is 10.8. The van der Waals surface area contributed by atoms with Crippen molar-refractivity contribution in [2.45, 2.75) is 52.9 Å². The zero-order chi connectivity index (χ0) is 17.2. The zero-order valence-corrected chi connectivity index (χ0v) is 14.1. The normalized spacial score (nSPS) is 10.4. The molecular weight excluding hydrogens is 300 g/mol. The van der Waals surface area contributed by atoms with E-state index in [1.807, 2.05) is 20.8 Å². The number of carboxylic acid groups (broad SMARTS) is 1. The van der Waals surface area contributed by atoms with Crippen LogP contribution in [0.4, 0.5) is 4.79 Å². The Kier molecular flexibility index (Phi) is 8.08. The van der Waals surface area contributed by atoms with Gasteiger partial charge in [-0.2, -0.15) is 0 Å². The SMILES string of the molecule is CCCCc1c(O)c(OC(=O)O)cc(OCCC)c1OCCC. The van der Waals surface area contributed by atoms with Gasteiger partial charge in [0.2, 0.25) is 0 Å². The number of rotatable bonds is 10. The number of phenols is 1. The molecule has 0 fully saturated rings. The lowest BCUT2D eigenvalue weighted by atomic mass is 10.0. The molecular formula is C17H26O6. The van der Waals surface area contributed by atoms with Crippen molar-refractivity contribution in [2.75, 3.05) is 13.2 Å². The Morgan fingerprint density at radius 1 is 1.04 bits per heavy atom. The molecule has 1 aromatic rings. The summed E-state index contributed by atoms with van der Waals surface area (Å²) in [5.74, 6) is 0.554. The van der Waals surface area contributed by atoms with Gasteiger partial charge in [-0.1, -0.05) is 27.2 Å². The first-order valence-electron chi connectivity index (χ1n) is 8.10. The molecule has 0 saturated heterocycles. The highest BCUT2D eigenvalue weighted by atomic mass is 16.7. The van der Waals surface area contributed by atoms with Gasteiger partial charge in [-0.15, -0.1) is 0 Å². The van der Waals surface area contributed by atoms with E-state index in [0.717, 1.165) is 25.7 Å². The summed E-state index contributed by atoms with van der Waals surface area (Å²) < 4.78 is 16.1. The quantitative estimate of drug-likeness (QED) is 0.490. The maximum atomic E-state index is 10.8. The second kappa shape index (κ2) is 9.82. The van der Waals surface area contributed by atoms with Gasteiger partial charge in [0.05, 0.1) is 13.2 Å². The predicted molar refractivity (Wildman–Crippen MR) is 86.9 cm³/mol. The third kappa shape index (κ3) is 5.54. The topological polar surface area (TPSA) is 85.2 Å². The van der Waals surface area contributed by atoms with Crippen molar-refractivity contribution in [1.82, 2.24) is 0 Å². The Morgan fingerprint density at radius 2 is 1.70 bits per heavy atom. The first kappa shape index (κ1) is 18.9. The van der Waals surface area contributed by atoms with Crippen molar-refractivity contribution >= 4 is 6.16 Å². The molecule has 0 amide bonds. The average Bonchev–Trinajstić information content (AvgIpc) is 2.52. The van der Waals surface area contributed by atoms with E-state index in [-0.39, 0.29) is 11.5 Å². The molecule has 2 N–H and O–H groups in total. The summed E-state index contributed by atoms with van der Waals surface area (Å²) in [4.78, 5) is 10.8. The first-order chi connectivity index (χ1) is 11.0. The molecule has 0 aliphatic rings. The van der Waals surface area contributed by atoms with Gasteiger partial charge >= 0.3 is 6.16 Å². The monoisotopic (exact) mass is 326 g/mol. The lowest BCUT2D eigenvalue weighted by Gasteiger charge is -2.19. The lowest BCUT2D eigenvalue weighted by Crippen LogP contribution is -2.08. The van der Waals surface area contributed by atoms with Crippen LogP contribution in [0, 0.1) is 0 Å². The van der Waals surface area contributed by atoms with Crippen LogP contribution in [-0.4, -0.2) is 29.6 Å². The van der Waals surface area contributed by atoms with Crippen molar-refractivity contribution in [3.63, 3.8) is 0 Å². The fraction of sp³-hybridized carbons (Fsp3) is 0.588. The van der Waals surface area contributed by atoms with E-state index in [4.69, 9.17) is 14.6 Å². The summed E-state index contributed by atoms with van der Waals surface area (Å²) in [5.41, 5.74) is 0.533. The summed E-state index contributed by atoms with van der Waals surface area (Å²) in [5, 5.41) is 19.2. The van der Waals surface area contributed by atoms with Gasteiger partial charge in [0, 0.05) is 11.6 Å². The average molecular weight is 326 g/mol. The number of ether oxygens (including phenoxy) is 3. The molecule has 23 heavy (non-hydrogen) atoms. The zero-order valence-electron chi connectivity index (χ0n) is 14.1. The molecule has 0 heterocycles. The molecule has 0 unspecified atom stereocenters. The van der Waals surface area contributed by atoms with Crippen molar-refractivity contribution in [3.8, 4) is 23.0 Å². The molecule has 0 bridgehead atoms. The molecule has 6 nitrogen and oxygen atoms in total. The van der Waals surface area contributed by atoms with Crippen LogP contribution < -0.4 is 14.2 Å². The van der Waals surface area contributed by atoms with E-state index in [1.54, 1.807) is 0 Å². The number of benzene rings is 1. The molecule has 0 aliphatic heterocycles. The second-order valence-electron chi connectivity index (χ2n) is 5.20. The highest BCUT2D eigenvalue weighted by molar-refractivity contribution is 5.67. The third-order valence-corrected chi connectivity index (χ3v) is 3.17. The van der Waals surface area contributed by atoms with Gasteiger partial charge in [0.15, 0.2) is 23.0 Å². The summed E-state index contributed by atoms with van der Waals surface area (Å²) in [6.07, 6.45) is 2.45. The fourth-order valence-corrected chi connectivity index (χ4v) is 2.10. The van der Waals surface area contributed by atoms with E-state index >= 15 is 0 Å². The largest absolute Gasteiger partial charge is 0.511 e. The molecule has 0 radical (unpaired) electrons. The highest BCUT2D eigenvalue weighted by Gasteiger charge is 2.22. The number of aromatic hydroxyl groups is 1. The van der Waals surface area contributed by atoms with Gasteiger partial charge in [-0.3, -0.25) is 0 Å². The number of carbonyl (C=O) groups is 1. The van der Waals surface area contributed by atoms with Crippen LogP contribution in [0.2, 0.25) is 0 Å². The lowest BCUT2D eigenvalue weighted by molar-refractivity contribution is 0.142. The number of phenolic OH excluding ortho intramolecular Hbond substituents is 1. The fourth-order valence-electron chi connectivity index (χ4n) is 2.10. The Balaban J connectivity index is 3.33. The van der Waals surface area contributed by atoms with Crippen molar-refractivity contribution < 1.29 is 29.2 Å². The van der Waals surface area contributed by atoms with Crippen molar-refractivity contribution in [2.24, 2.45) is 0 Å². The molecule has 1 rings (SSSR count). The minimum atomic E-state index is -1.48. The van der Waals surface area contributed by atoms with Gasteiger partial charge in [0.25, 0.3) is 0 Å². The Labute approximate surface area is 137 Å². The predicted octanol–water partition coefficient (Wildman–Crippen LogP) is 4.37. The molecule has 0 atom stereocenters. The van der Waals surface area contributed by atoms with Gasteiger partial charge < -0.3 is 24.4 Å². The van der Waals surface area contributed by atoms with E-state index in [2.05, 4.69) is 4.74 Å². The van der Waals surface area contributed by atoms with Crippen molar-refractivity contribution in [1.29, 1.82) is 0 Å². The molecule has 130 valence electrons. The maximum Gasteiger partial charge on any atom is 0.511 e. The van der Waals surface area contributed by atoms with Crippen LogP contribution in [0.3, 0.4) is 0 Å². The molecule has 6 heteroatoms. The highest BCUT2D eigenvalue weighted by Crippen LogP contribution is 2.45. The Hall–Kier alpha value is -2.11. The summed E-state index contributed by atoms with van der Waals surface area (Å²) in [6.45, 7) is 6.95. The van der Waals surface area contributed by atoms with Gasteiger partial charge in [0.1, 0.15) is 0 Å². The van der Waals surface area contributed by atoms with E-state index in [1.165, 1.54) is 6.07 Å². The minimum Gasteiger partial charge on any atom is -0.504 e. The third-order valence-electron chi connectivity index (χ3n) is 3.17. The molecule has 0 saturated carbocycles. The first-order valence-corrected chi connectivity index (χ1v) is 8.10. The van der Waals surface area contributed by atoms with E-state index < -0.39 is 6.16 Å². The minimum absolute atomic E-state index is 0.126. The Bertz CT molecular complexity index is 512. The van der Waals surface area contributed by atoms with E-state index in [9.17, 15) is 9.90 Å². The standard InChI is InChI=1S/C17H26O6/c1-4-7-8-12-15(18)13(23-17(19)20)11-14(21-9-5-2)16(12)22-10-6-3/h11,18H,4-10H2,1-3H3,(H,19,20). The van der Waals surface area contributed by atoms with E-state index in [0.29, 0.717) is 36.7 Å². The summed E-state index contributed by atoms with van der Waals surface area (Å²) in [6, 6.07) is 1.37. The van der Waals surface area contributed by atoms with Crippen LogP contribution in [0.5, 0.6) is 23.0 Å². The number of hydrogen-bond donors (Lipinski definition) is 2.